The van der Waals surface area contributed by atoms with Gasteiger partial charge in [0.2, 0.25) is 0 Å². The summed E-state index contributed by atoms with van der Waals surface area (Å²) < 4.78 is 13.1. The van der Waals surface area contributed by atoms with Gasteiger partial charge in [0.15, 0.2) is 4.80 Å². The van der Waals surface area contributed by atoms with E-state index >= 15 is 0 Å². The van der Waals surface area contributed by atoms with E-state index in [1.54, 1.807) is 37.3 Å². The lowest BCUT2D eigenvalue weighted by atomic mass is 9.96. The molecule has 0 radical (unpaired) electrons. The third-order valence-electron chi connectivity index (χ3n) is 6.16. The van der Waals surface area contributed by atoms with Crippen molar-refractivity contribution in [3.8, 4) is 5.75 Å². The zero-order chi connectivity index (χ0) is 26.8. The van der Waals surface area contributed by atoms with Crippen LogP contribution < -0.4 is 19.6 Å². The zero-order valence-corrected chi connectivity index (χ0v) is 22.8. The molecular weight excluding hydrogens is 543 g/mol. The summed E-state index contributed by atoms with van der Waals surface area (Å²) in [4.78, 5) is 31.7. The van der Waals surface area contributed by atoms with E-state index in [1.807, 2.05) is 48.5 Å². The van der Waals surface area contributed by atoms with Gasteiger partial charge < -0.3 is 9.47 Å². The van der Waals surface area contributed by atoms with Crippen LogP contribution in [-0.2, 0) is 16.1 Å². The van der Waals surface area contributed by atoms with Gasteiger partial charge in [0.1, 0.15) is 12.4 Å². The maximum atomic E-state index is 13.8. The van der Waals surface area contributed by atoms with E-state index in [0.717, 1.165) is 16.7 Å². The first-order valence-electron chi connectivity index (χ1n) is 11.7. The number of methoxy groups -OCH3 is 1. The number of ether oxygens (including phenoxy) is 2. The highest BCUT2D eigenvalue weighted by Gasteiger charge is 2.33. The predicted molar refractivity (Wildman–Crippen MR) is 149 cm³/mol. The summed E-state index contributed by atoms with van der Waals surface area (Å²) in [6.45, 7) is 2.02. The molecule has 0 bridgehead atoms. The van der Waals surface area contributed by atoms with Crippen molar-refractivity contribution < 1.29 is 14.3 Å². The molecule has 0 fully saturated rings. The average Bonchev–Trinajstić information content (AvgIpc) is 3.22. The lowest BCUT2D eigenvalue weighted by molar-refractivity contribution is -0.136. The minimum absolute atomic E-state index is 0.275. The fourth-order valence-corrected chi connectivity index (χ4v) is 5.65. The first kappa shape index (κ1) is 26.0. The minimum Gasteiger partial charge on any atom is -0.488 e. The maximum Gasteiger partial charge on any atom is 0.338 e. The van der Waals surface area contributed by atoms with Crippen molar-refractivity contribution in [3.05, 3.63) is 130 Å². The van der Waals surface area contributed by atoms with E-state index in [4.69, 9.17) is 32.7 Å². The molecule has 0 aliphatic carbocycles. The normalized spacial score (nSPS) is 15.2. The molecule has 0 spiro atoms. The van der Waals surface area contributed by atoms with E-state index in [1.165, 1.54) is 23.0 Å². The monoisotopic (exact) mass is 564 g/mol. The number of benzene rings is 3. The Morgan fingerprint density at radius 1 is 1.05 bits per heavy atom. The van der Waals surface area contributed by atoms with Crippen molar-refractivity contribution in [1.29, 1.82) is 0 Å². The van der Waals surface area contributed by atoms with Crippen molar-refractivity contribution in [3.63, 3.8) is 0 Å². The Morgan fingerprint density at radius 2 is 1.76 bits per heavy atom. The Balaban J connectivity index is 1.60. The average molecular weight is 565 g/mol. The number of thiazole rings is 1. The number of carbonyl (C=O) groups excluding carboxylic acids is 1. The number of fused-ring (bicyclic) bond motifs is 1. The molecule has 9 heteroatoms. The van der Waals surface area contributed by atoms with Gasteiger partial charge in [0.25, 0.3) is 5.56 Å². The van der Waals surface area contributed by atoms with Crippen molar-refractivity contribution in [1.82, 2.24) is 4.57 Å². The summed E-state index contributed by atoms with van der Waals surface area (Å²) in [5.41, 5.74) is 2.84. The van der Waals surface area contributed by atoms with E-state index in [2.05, 4.69) is 4.99 Å². The molecule has 5 rings (SSSR count). The Labute approximate surface area is 232 Å². The number of esters is 1. The smallest absolute Gasteiger partial charge is 0.338 e. The number of hydrogen-bond donors (Lipinski definition) is 0. The Kier molecular flexibility index (Phi) is 7.51. The van der Waals surface area contributed by atoms with Crippen LogP contribution in [0.1, 0.15) is 29.7 Å². The van der Waals surface area contributed by atoms with E-state index in [-0.39, 0.29) is 12.2 Å². The van der Waals surface area contributed by atoms with Gasteiger partial charge in [-0.15, -0.1) is 0 Å². The summed E-state index contributed by atoms with van der Waals surface area (Å²) in [7, 11) is 1.31. The van der Waals surface area contributed by atoms with Crippen LogP contribution in [0.5, 0.6) is 5.75 Å². The fourth-order valence-electron chi connectivity index (χ4n) is 4.30. The molecule has 0 amide bonds. The molecule has 0 unspecified atom stereocenters. The van der Waals surface area contributed by atoms with E-state index in [0.29, 0.717) is 36.4 Å². The van der Waals surface area contributed by atoms with Crippen LogP contribution in [0.3, 0.4) is 0 Å². The predicted octanol–water partition coefficient (Wildman–Crippen LogP) is 5.29. The van der Waals surface area contributed by atoms with Gasteiger partial charge in [-0.25, -0.2) is 9.79 Å². The summed E-state index contributed by atoms with van der Waals surface area (Å²) >= 11 is 13.6. The second-order valence-electron chi connectivity index (χ2n) is 8.54. The number of carbonyl (C=O) groups is 1. The van der Waals surface area contributed by atoms with Gasteiger partial charge in [0.05, 0.1) is 29.0 Å². The molecule has 1 aromatic heterocycles. The second-order valence-corrected chi connectivity index (χ2v) is 10.4. The number of allylic oxidation sites excluding steroid dienone is 1. The van der Waals surface area contributed by atoms with Gasteiger partial charge in [-0.2, -0.15) is 0 Å². The van der Waals surface area contributed by atoms with Crippen LogP contribution in [0.25, 0.3) is 6.08 Å². The molecule has 38 heavy (non-hydrogen) atoms. The Bertz CT molecular complexity index is 1740. The number of hydrogen-bond acceptors (Lipinski definition) is 6. The first-order valence-corrected chi connectivity index (χ1v) is 13.3. The van der Waals surface area contributed by atoms with Crippen LogP contribution in [-0.4, -0.2) is 17.6 Å². The van der Waals surface area contributed by atoms with E-state index in [9.17, 15) is 9.59 Å². The van der Waals surface area contributed by atoms with Crippen LogP contribution in [0, 0.1) is 0 Å². The third-order valence-corrected chi connectivity index (χ3v) is 7.76. The fraction of sp³-hybridized carbons (Fsp3) is 0.138. The summed E-state index contributed by atoms with van der Waals surface area (Å²) in [6.07, 6.45) is 1.78. The van der Waals surface area contributed by atoms with Gasteiger partial charge in [0, 0.05) is 21.2 Å². The van der Waals surface area contributed by atoms with Gasteiger partial charge >= 0.3 is 5.97 Å². The maximum absolute atomic E-state index is 13.8. The molecule has 4 aromatic rings. The van der Waals surface area contributed by atoms with Crippen molar-refractivity contribution >= 4 is 46.6 Å². The molecule has 0 saturated heterocycles. The third kappa shape index (κ3) is 5.05. The molecule has 1 atom stereocenters. The lowest BCUT2D eigenvalue weighted by Crippen LogP contribution is -2.39. The molecule has 1 aliphatic rings. The standard InChI is InChI=1S/C29H22Cl2N2O4S/c1-17-25(28(35)36-2)26(18-11-13-21(30)14-12-18)33-27(34)24(38-29(33)32-17)15-19-7-4-6-10-23(19)37-16-20-8-3-5-9-22(20)31/h3-15,26H,16H2,1-2H3/b24-15-/t26-/m0/s1. The molecular formula is C29H22Cl2N2O4S. The number of nitrogens with zero attached hydrogens (tertiary/aromatic N) is 2. The van der Waals surface area contributed by atoms with Crippen LogP contribution >= 0.6 is 34.5 Å². The van der Waals surface area contributed by atoms with Crippen LogP contribution in [0.4, 0.5) is 0 Å². The number of halogens is 2. The molecule has 0 saturated carbocycles. The highest BCUT2D eigenvalue weighted by molar-refractivity contribution is 7.07. The van der Waals surface area contributed by atoms with Gasteiger partial charge in [-0.1, -0.05) is 83.1 Å². The molecule has 6 nitrogen and oxygen atoms in total. The highest BCUT2D eigenvalue weighted by atomic mass is 35.5. The van der Waals surface area contributed by atoms with Crippen molar-refractivity contribution in [2.45, 2.75) is 19.6 Å². The molecule has 2 heterocycles. The minimum atomic E-state index is -0.704. The SMILES string of the molecule is COC(=O)C1=C(C)N=c2s/c(=C\c3ccccc3OCc3ccccc3Cl)c(=O)n2[C@H]1c1ccc(Cl)cc1. The second kappa shape index (κ2) is 11.0. The first-order chi connectivity index (χ1) is 18.4. The van der Waals surface area contributed by atoms with Crippen molar-refractivity contribution in [2.75, 3.05) is 7.11 Å². The van der Waals surface area contributed by atoms with E-state index < -0.39 is 12.0 Å². The molecule has 3 aromatic carbocycles. The van der Waals surface area contributed by atoms with Gasteiger partial charge in [-0.05, 0) is 42.8 Å². The molecule has 0 N–H and O–H groups in total. The van der Waals surface area contributed by atoms with Gasteiger partial charge in [-0.3, -0.25) is 9.36 Å². The summed E-state index contributed by atoms with van der Waals surface area (Å²) in [5.74, 6) is 0.0673. The quantitative estimate of drug-likeness (QED) is 0.298. The number of aromatic nitrogens is 1. The largest absolute Gasteiger partial charge is 0.488 e. The topological polar surface area (TPSA) is 69.9 Å². The molecule has 192 valence electrons. The zero-order valence-electron chi connectivity index (χ0n) is 20.5. The Morgan fingerprint density at radius 3 is 2.50 bits per heavy atom. The summed E-state index contributed by atoms with van der Waals surface area (Å²) in [6, 6.07) is 21.3. The van der Waals surface area contributed by atoms with Crippen LogP contribution in [0.15, 0.2) is 93.9 Å². The van der Waals surface area contributed by atoms with Crippen LogP contribution in [0.2, 0.25) is 10.0 Å². The number of rotatable bonds is 6. The lowest BCUT2D eigenvalue weighted by Gasteiger charge is -2.24. The molecule has 1 aliphatic heterocycles. The highest BCUT2D eigenvalue weighted by Crippen LogP contribution is 2.31. The van der Waals surface area contributed by atoms with Crippen molar-refractivity contribution in [2.24, 2.45) is 4.99 Å². The summed E-state index contributed by atoms with van der Waals surface area (Å²) in [5, 5.41) is 1.17. The number of para-hydroxylation sites is 1. The Hall–Kier alpha value is -3.65.